The number of piperidine rings is 1. The van der Waals surface area contributed by atoms with Crippen LogP contribution in [0.2, 0.25) is 0 Å². The maximum atomic E-state index is 13.5. The van der Waals surface area contributed by atoms with E-state index in [1.165, 1.54) is 12.1 Å². The van der Waals surface area contributed by atoms with Crippen LogP contribution in [-0.4, -0.2) is 31.2 Å². The molecule has 2 heterocycles. The van der Waals surface area contributed by atoms with Crippen molar-refractivity contribution in [1.82, 2.24) is 10.3 Å². The van der Waals surface area contributed by atoms with Crippen LogP contribution < -0.4 is 10.2 Å². The van der Waals surface area contributed by atoms with Crippen LogP contribution in [0.1, 0.15) is 29.5 Å². The molecular formula is C20H24FN3. The summed E-state index contributed by atoms with van der Waals surface area (Å²) >= 11 is 0. The number of anilines is 1. The maximum Gasteiger partial charge on any atom is 0.128 e. The predicted octanol–water partition coefficient (Wildman–Crippen LogP) is 3.78. The number of nitrogens with one attached hydrogen (secondary N) is 1. The van der Waals surface area contributed by atoms with E-state index in [2.05, 4.69) is 21.8 Å². The molecule has 0 radical (unpaired) electrons. The van der Waals surface area contributed by atoms with Crippen LogP contribution in [0.4, 0.5) is 10.2 Å². The van der Waals surface area contributed by atoms with Gasteiger partial charge in [0.1, 0.15) is 11.6 Å². The summed E-state index contributed by atoms with van der Waals surface area (Å²) in [5.41, 5.74) is 3.58. The predicted molar refractivity (Wildman–Crippen MR) is 97.8 cm³/mol. The molecule has 1 N–H and O–H groups in total. The van der Waals surface area contributed by atoms with Crippen LogP contribution in [0.25, 0.3) is 5.57 Å². The van der Waals surface area contributed by atoms with Crippen LogP contribution in [0.3, 0.4) is 0 Å². The molecule has 0 spiro atoms. The summed E-state index contributed by atoms with van der Waals surface area (Å²) in [5.74, 6) is 0.755. The number of nitrogens with zero attached hydrogens (tertiary/aromatic N) is 2. The van der Waals surface area contributed by atoms with E-state index in [0.717, 1.165) is 54.0 Å². The Kier molecular flexibility index (Phi) is 4.95. The molecule has 1 aromatic carbocycles. The fourth-order valence-electron chi connectivity index (χ4n) is 3.22. The second-order valence-electron chi connectivity index (χ2n) is 6.39. The van der Waals surface area contributed by atoms with Crippen LogP contribution in [0.15, 0.2) is 43.1 Å². The van der Waals surface area contributed by atoms with Crippen LogP contribution in [-0.2, 0) is 0 Å². The Hall–Kier alpha value is -2.20. The van der Waals surface area contributed by atoms with Gasteiger partial charge in [-0.25, -0.2) is 9.37 Å². The largest absolute Gasteiger partial charge is 0.357 e. The molecule has 0 bridgehead atoms. The third kappa shape index (κ3) is 3.49. The van der Waals surface area contributed by atoms with Crippen molar-refractivity contribution in [2.75, 3.05) is 25.0 Å². The molecule has 1 saturated heterocycles. The highest BCUT2D eigenvalue weighted by Gasteiger charge is 2.18. The van der Waals surface area contributed by atoms with Gasteiger partial charge in [0, 0.05) is 30.9 Å². The van der Waals surface area contributed by atoms with Crippen LogP contribution >= 0.6 is 0 Å². The summed E-state index contributed by atoms with van der Waals surface area (Å²) in [4.78, 5) is 6.92. The third-order valence-electron chi connectivity index (χ3n) is 4.85. The van der Waals surface area contributed by atoms with E-state index in [4.69, 9.17) is 0 Å². The first kappa shape index (κ1) is 16.7. The van der Waals surface area contributed by atoms with Crippen molar-refractivity contribution < 1.29 is 4.39 Å². The average Bonchev–Trinajstić information content (AvgIpc) is 2.63. The lowest BCUT2D eigenvalue weighted by Crippen LogP contribution is -2.41. The molecule has 24 heavy (non-hydrogen) atoms. The Labute approximate surface area is 143 Å². The Morgan fingerprint density at radius 3 is 2.62 bits per heavy atom. The molecule has 1 aromatic heterocycles. The number of aryl methyl sites for hydroxylation is 1. The van der Waals surface area contributed by atoms with Gasteiger partial charge in [0.15, 0.2) is 0 Å². The number of hydrogen-bond donors (Lipinski definition) is 1. The van der Waals surface area contributed by atoms with Crippen molar-refractivity contribution in [2.45, 2.75) is 25.8 Å². The standard InChI is InChI=1S/C20H24FN3/c1-14-4-6-17(21)12-19(14)15(2)16-5-7-20(23-13-16)24-10-8-18(22-3)9-11-24/h4-7,12-13,18,22H,2,8-11H2,1,3H3. The number of rotatable bonds is 4. The number of pyridine rings is 1. The molecule has 4 heteroatoms. The van der Waals surface area contributed by atoms with E-state index in [0.29, 0.717) is 6.04 Å². The highest BCUT2D eigenvalue weighted by molar-refractivity contribution is 5.79. The number of halogens is 1. The number of hydrogen-bond acceptors (Lipinski definition) is 3. The van der Waals surface area contributed by atoms with Crippen molar-refractivity contribution in [1.29, 1.82) is 0 Å². The molecule has 126 valence electrons. The second kappa shape index (κ2) is 7.14. The van der Waals surface area contributed by atoms with E-state index in [1.54, 1.807) is 6.07 Å². The van der Waals surface area contributed by atoms with Gasteiger partial charge in [0.2, 0.25) is 0 Å². The van der Waals surface area contributed by atoms with Gasteiger partial charge in [-0.15, -0.1) is 0 Å². The van der Waals surface area contributed by atoms with Crippen molar-refractivity contribution >= 4 is 11.4 Å². The molecule has 3 rings (SSSR count). The summed E-state index contributed by atoms with van der Waals surface area (Å²) in [7, 11) is 2.02. The number of aromatic nitrogens is 1. The molecule has 2 aromatic rings. The highest BCUT2D eigenvalue weighted by atomic mass is 19.1. The van der Waals surface area contributed by atoms with Crippen molar-refractivity contribution in [3.8, 4) is 0 Å². The summed E-state index contributed by atoms with van der Waals surface area (Å²) in [6.45, 7) is 8.13. The average molecular weight is 325 g/mol. The van der Waals surface area contributed by atoms with Crippen LogP contribution in [0.5, 0.6) is 0 Å². The van der Waals surface area contributed by atoms with Crippen molar-refractivity contribution in [2.24, 2.45) is 0 Å². The van der Waals surface area contributed by atoms with Crippen molar-refractivity contribution in [3.63, 3.8) is 0 Å². The van der Waals surface area contributed by atoms with E-state index >= 15 is 0 Å². The van der Waals surface area contributed by atoms with Gasteiger partial charge in [0.05, 0.1) is 0 Å². The molecule has 0 saturated carbocycles. The van der Waals surface area contributed by atoms with E-state index < -0.39 is 0 Å². The van der Waals surface area contributed by atoms with Crippen LogP contribution in [0, 0.1) is 12.7 Å². The molecule has 1 aliphatic heterocycles. The SMILES string of the molecule is C=C(c1ccc(N2CCC(NC)CC2)nc1)c1cc(F)ccc1C. The first-order valence-electron chi connectivity index (χ1n) is 8.42. The molecule has 3 nitrogen and oxygen atoms in total. The van der Waals surface area contributed by atoms with Crippen molar-refractivity contribution in [3.05, 3.63) is 65.6 Å². The summed E-state index contributed by atoms with van der Waals surface area (Å²) in [6, 6.07) is 9.46. The van der Waals surface area contributed by atoms with Gasteiger partial charge in [-0.2, -0.15) is 0 Å². The molecule has 0 unspecified atom stereocenters. The zero-order valence-corrected chi connectivity index (χ0v) is 14.3. The topological polar surface area (TPSA) is 28.2 Å². The molecule has 0 aliphatic carbocycles. The minimum atomic E-state index is -0.242. The van der Waals surface area contributed by atoms with Gasteiger partial charge >= 0.3 is 0 Å². The zero-order chi connectivity index (χ0) is 17.1. The fourth-order valence-corrected chi connectivity index (χ4v) is 3.22. The third-order valence-corrected chi connectivity index (χ3v) is 4.85. The summed E-state index contributed by atoms with van der Waals surface area (Å²) in [6.07, 6.45) is 4.11. The maximum absolute atomic E-state index is 13.5. The van der Waals surface area contributed by atoms with Gasteiger partial charge < -0.3 is 10.2 Å². The second-order valence-corrected chi connectivity index (χ2v) is 6.39. The smallest absolute Gasteiger partial charge is 0.128 e. The number of benzene rings is 1. The zero-order valence-electron chi connectivity index (χ0n) is 14.3. The quantitative estimate of drug-likeness (QED) is 0.927. The van der Waals surface area contributed by atoms with E-state index in [9.17, 15) is 4.39 Å². The fraction of sp³-hybridized carbons (Fsp3) is 0.350. The monoisotopic (exact) mass is 325 g/mol. The molecule has 1 aliphatic rings. The van der Waals surface area contributed by atoms with Gasteiger partial charge in [-0.1, -0.05) is 12.6 Å². The van der Waals surface area contributed by atoms with Gasteiger partial charge in [-0.05, 0) is 67.8 Å². The van der Waals surface area contributed by atoms with E-state index in [-0.39, 0.29) is 5.82 Å². The molecule has 1 fully saturated rings. The minimum Gasteiger partial charge on any atom is -0.357 e. The molecular weight excluding hydrogens is 301 g/mol. The Morgan fingerprint density at radius 2 is 2.00 bits per heavy atom. The lowest BCUT2D eigenvalue weighted by molar-refractivity contribution is 0.441. The lowest BCUT2D eigenvalue weighted by atomic mass is 9.97. The molecule has 0 amide bonds. The Bertz CT molecular complexity index is 716. The van der Waals surface area contributed by atoms with E-state index in [1.807, 2.05) is 32.3 Å². The van der Waals surface area contributed by atoms with Gasteiger partial charge in [0.25, 0.3) is 0 Å². The first-order chi connectivity index (χ1) is 11.6. The summed E-state index contributed by atoms with van der Waals surface area (Å²) in [5, 5.41) is 3.34. The minimum absolute atomic E-state index is 0.242. The van der Waals surface area contributed by atoms with Gasteiger partial charge in [-0.3, -0.25) is 0 Å². The Morgan fingerprint density at radius 1 is 1.25 bits per heavy atom. The lowest BCUT2D eigenvalue weighted by Gasteiger charge is -2.32. The normalized spacial score (nSPS) is 15.5. The highest BCUT2D eigenvalue weighted by Crippen LogP contribution is 2.26. The molecule has 0 atom stereocenters. The first-order valence-corrected chi connectivity index (χ1v) is 8.42. The summed E-state index contributed by atoms with van der Waals surface area (Å²) < 4.78 is 13.5. The Balaban J connectivity index is 1.75.